The van der Waals surface area contributed by atoms with Gasteiger partial charge in [0.15, 0.2) is 11.4 Å². The van der Waals surface area contributed by atoms with Gasteiger partial charge >= 0.3 is 11.8 Å². The molecule has 0 radical (unpaired) electrons. The number of likely N-dealkylation sites (tertiary alicyclic amines) is 1. The molecule has 0 aliphatic carbocycles. The van der Waals surface area contributed by atoms with Crippen molar-refractivity contribution >= 4 is 40.0 Å². The first-order valence-corrected chi connectivity index (χ1v) is 26.6. The molecule has 8 atom stereocenters. The largest absolute Gasteiger partial charge is 0.507 e. The Morgan fingerprint density at radius 3 is 2.24 bits per heavy atom. The van der Waals surface area contributed by atoms with Gasteiger partial charge in [0.1, 0.15) is 35.1 Å². The van der Waals surface area contributed by atoms with Gasteiger partial charge in [0.25, 0.3) is 11.7 Å². The monoisotopic (exact) mass is 1030 g/mol. The summed E-state index contributed by atoms with van der Waals surface area (Å²) in [5.41, 5.74) is 0.688. The second kappa shape index (κ2) is 22.6. The second-order valence-electron chi connectivity index (χ2n) is 22.1. The number of fused-ring (bicyclic) bond motifs is 13. The van der Waals surface area contributed by atoms with Crippen molar-refractivity contribution < 1.29 is 53.4 Å². The summed E-state index contributed by atoms with van der Waals surface area (Å²) < 4.78 is 24.8. The summed E-state index contributed by atoms with van der Waals surface area (Å²) >= 11 is 0. The van der Waals surface area contributed by atoms with Crippen molar-refractivity contribution in [3.05, 3.63) is 93.9 Å². The number of hydrogen-bond donors (Lipinski definition) is 4. The molecular formula is C58H76N6O11. The number of aliphatic hydroxyl groups is 1. The molecule has 0 aromatic heterocycles. The van der Waals surface area contributed by atoms with Crippen LogP contribution in [0.2, 0.25) is 0 Å². The number of rotatable bonds is 8. The quantitative estimate of drug-likeness (QED) is 0.108. The number of phenols is 2. The lowest BCUT2D eigenvalue weighted by Crippen LogP contribution is -2.49. The maximum Gasteiger partial charge on any atom is 0.315 e. The molecule has 2 saturated heterocycles. The molecule has 2 fully saturated rings. The number of amides is 2. The number of nitrogens with one attached hydrogen (secondary N) is 1. The first-order valence-electron chi connectivity index (χ1n) is 26.6. The number of hydrogen-bond acceptors (Lipinski definition) is 15. The van der Waals surface area contributed by atoms with E-state index >= 15 is 0 Å². The Labute approximate surface area is 440 Å². The van der Waals surface area contributed by atoms with Gasteiger partial charge in [0.05, 0.1) is 34.8 Å². The smallest absolute Gasteiger partial charge is 0.315 e. The maximum atomic E-state index is 15.0. The van der Waals surface area contributed by atoms with Crippen molar-refractivity contribution in [1.82, 2.24) is 14.7 Å². The molecule has 3 aromatic rings. The number of benzene rings is 3. The minimum absolute atomic E-state index is 0.0304. The van der Waals surface area contributed by atoms with E-state index in [1.807, 2.05) is 52.0 Å². The average Bonchev–Trinajstić information content (AvgIpc) is 3.88. The van der Waals surface area contributed by atoms with Crippen molar-refractivity contribution in [3.63, 3.8) is 0 Å². The molecule has 6 aliphatic heterocycles. The van der Waals surface area contributed by atoms with E-state index < -0.39 is 71.4 Å². The number of carbonyl (C=O) groups excluding carboxylic acids is 4. The SMILES string of the molecule is CO[C@H]1/C=C/OC2(C)Oc3c(C)c(O)c4c(O)c(c5c(c4c3C2=O)=NC2(CCN(CC(C)C)CC2)N=5)NC(=O)/C(C)=C\C=C\C(C)C[C@@H](C)C(O)[C@@H](C)C(OC(=O)CC(=O)N2CCN(Cc3ccccc3)CC2)[C@@H]1C. The average molecular weight is 1030 g/mol. The van der Waals surface area contributed by atoms with Gasteiger partial charge in [0, 0.05) is 108 Å². The van der Waals surface area contributed by atoms with E-state index in [1.54, 1.807) is 37.0 Å². The Morgan fingerprint density at radius 2 is 1.57 bits per heavy atom. The van der Waals surface area contributed by atoms with E-state index in [1.165, 1.54) is 25.9 Å². The number of piperidine rings is 1. The van der Waals surface area contributed by atoms with Crippen molar-refractivity contribution in [2.24, 2.45) is 39.6 Å². The molecule has 6 aliphatic rings. The summed E-state index contributed by atoms with van der Waals surface area (Å²) in [5.74, 6) is -6.19. The molecule has 6 heterocycles. The van der Waals surface area contributed by atoms with Crippen LogP contribution in [-0.2, 0) is 35.1 Å². The highest BCUT2D eigenvalue weighted by atomic mass is 16.7. The summed E-state index contributed by atoms with van der Waals surface area (Å²) in [6.45, 7) is 21.9. The van der Waals surface area contributed by atoms with Gasteiger partial charge in [-0.2, -0.15) is 0 Å². The molecule has 17 nitrogen and oxygen atoms in total. The number of anilines is 1. The summed E-state index contributed by atoms with van der Waals surface area (Å²) in [4.78, 5) is 73.3. The number of nitrogens with zero attached hydrogens (tertiary/aromatic N) is 5. The lowest BCUT2D eigenvalue weighted by atomic mass is 9.79. The third-order valence-electron chi connectivity index (χ3n) is 15.9. The molecule has 2 amide bonds. The first kappa shape index (κ1) is 55.1. The molecule has 5 bridgehead atoms. The molecule has 4 unspecified atom stereocenters. The van der Waals surface area contributed by atoms with Crippen LogP contribution < -0.4 is 20.8 Å². The number of methoxy groups -OCH3 is 1. The molecule has 75 heavy (non-hydrogen) atoms. The van der Waals surface area contributed by atoms with E-state index in [0.29, 0.717) is 70.0 Å². The number of Topliss-reactive ketones (excluding diaryl/α,β-unsaturated/α-hetero) is 1. The van der Waals surface area contributed by atoms with Crippen LogP contribution in [0.4, 0.5) is 5.69 Å². The van der Waals surface area contributed by atoms with Gasteiger partial charge in [-0.1, -0.05) is 90.1 Å². The molecule has 17 heteroatoms. The number of esters is 1. The van der Waals surface area contributed by atoms with Crippen LogP contribution in [0.5, 0.6) is 17.2 Å². The molecule has 1 spiro atoms. The zero-order chi connectivity index (χ0) is 54.1. The number of piperazine rings is 1. The van der Waals surface area contributed by atoms with E-state index in [-0.39, 0.29) is 67.5 Å². The minimum atomic E-state index is -1.99. The Morgan fingerprint density at radius 1 is 0.893 bits per heavy atom. The highest BCUT2D eigenvalue weighted by Crippen LogP contribution is 2.50. The van der Waals surface area contributed by atoms with E-state index in [0.717, 1.165) is 13.1 Å². The fourth-order valence-corrected chi connectivity index (χ4v) is 11.5. The lowest BCUT2D eigenvalue weighted by Gasteiger charge is -2.37. The lowest BCUT2D eigenvalue weighted by molar-refractivity contribution is -0.164. The summed E-state index contributed by atoms with van der Waals surface area (Å²) in [6.07, 6.45) is 6.63. The van der Waals surface area contributed by atoms with Crippen molar-refractivity contribution in [2.45, 2.75) is 124 Å². The third-order valence-corrected chi connectivity index (χ3v) is 15.9. The van der Waals surface area contributed by atoms with Crippen LogP contribution in [-0.4, -0.2) is 136 Å². The number of aromatic hydroxyl groups is 2. The third kappa shape index (κ3) is 11.5. The van der Waals surface area contributed by atoms with Crippen LogP contribution >= 0.6 is 0 Å². The Kier molecular flexibility index (Phi) is 16.6. The van der Waals surface area contributed by atoms with Gasteiger partial charge < -0.3 is 49.4 Å². The standard InChI is InChI=1S/C58H76N6O11/c1-33(2)31-62-22-20-58(21-23-62)60-47-44-45-51(68)39(8)54-46(44)55(70)57(9,75-54)73-28-19-41(72-10)37(6)53(74-43(66)30-42(65)64-26-24-63(25-27-64)32-40-17-12-11-13-18-40)38(7)50(67)36(5)29-34(3)15-14-16-35(4)56(71)59-49(52(45)69)48(47)61-58/h11-19,28,33-34,36-38,41,50,53,67-69H,20-27,29-32H2,1-10H3,(H,59,71)/b15-14+,28-19+,35-16-/t34?,36-,37-,38-,41+,50?,53?,57?/m1/s1. The van der Waals surface area contributed by atoms with E-state index in [9.17, 15) is 34.5 Å². The Balaban J connectivity index is 1.12. The molecule has 4 N–H and O–H groups in total. The molecule has 9 rings (SSSR count). The maximum absolute atomic E-state index is 15.0. The van der Waals surface area contributed by atoms with Gasteiger partial charge in [-0.25, -0.2) is 0 Å². The predicted molar refractivity (Wildman–Crippen MR) is 284 cm³/mol. The van der Waals surface area contributed by atoms with E-state index in [4.69, 9.17) is 28.9 Å². The number of allylic oxidation sites excluding steroid dienone is 3. The van der Waals surface area contributed by atoms with Gasteiger partial charge in [-0.15, -0.1) is 0 Å². The predicted octanol–water partition coefficient (Wildman–Crippen LogP) is 6.49. The first-order chi connectivity index (χ1) is 35.6. The van der Waals surface area contributed by atoms with Crippen LogP contribution in [0.1, 0.15) is 103 Å². The fraction of sp³-hybridized carbons (Fsp3) is 0.552. The number of ether oxygens (including phenoxy) is 4. The normalized spacial score (nSPS) is 29.2. The van der Waals surface area contributed by atoms with Crippen LogP contribution in [0.15, 0.2) is 76.5 Å². The summed E-state index contributed by atoms with van der Waals surface area (Å²) in [7, 11) is 1.49. The van der Waals surface area contributed by atoms with Crippen LogP contribution in [0.25, 0.3) is 10.8 Å². The van der Waals surface area contributed by atoms with Crippen molar-refractivity contribution in [2.75, 3.05) is 58.2 Å². The topological polar surface area (TPSA) is 212 Å². The zero-order valence-electron chi connectivity index (χ0n) is 45.2. The Bertz CT molecular complexity index is 2890. The second-order valence-corrected chi connectivity index (χ2v) is 22.1. The summed E-state index contributed by atoms with van der Waals surface area (Å²) in [5, 5.41) is 39.6. The molecule has 3 aromatic carbocycles. The molecular weight excluding hydrogens is 957 g/mol. The van der Waals surface area contributed by atoms with Crippen molar-refractivity contribution in [3.8, 4) is 17.2 Å². The number of ketones is 1. The summed E-state index contributed by atoms with van der Waals surface area (Å²) in [6, 6.07) is 10.1. The molecule has 404 valence electrons. The zero-order valence-corrected chi connectivity index (χ0v) is 45.2. The number of aliphatic hydroxyl groups excluding tert-OH is 1. The van der Waals surface area contributed by atoms with Gasteiger partial charge in [-0.3, -0.25) is 34.1 Å². The highest BCUT2D eigenvalue weighted by Gasteiger charge is 2.50. The fourth-order valence-electron chi connectivity index (χ4n) is 11.5. The number of phenolic OH excluding ortho intramolecular Hbond substituents is 2. The number of carbonyl (C=O) groups is 4. The Hall–Kier alpha value is -6.14. The minimum Gasteiger partial charge on any atom is -0.507 e. The van der Waals surface area contributed by atoms with Crippen molar-refractivity contribution in [1.29, 1.82) is 0 Å². The van der Waals surface area contributed by atoms with Crippen LogP contribution in [0, 0.1) is 36.5 Å². The van der Waals surface area contributed by atoms with Crippen LogP contribution in [0.3, 0.4) is 0 Å². The van der Waals surface area contributed by atoms with E-state index in [2.05, 4.69) is 41.1 Å². The molecule has 0 saturated carbocycles. The van der Waals surface area contributed by atoms with Gasteiger partial charge in [-0.05, 0) is 49.7 Å². The van der Waals surface area contributed by atoms with Gasteiger partial charge in [0.2, 0.25) is 5.91 Å². The highest BCUT2D eigenvalue weighted by molar-refractivity contribution is 6.19.